The molecule has 1 heterocycles. The van der Waals surface area contributed by atoms with Gasteiger partial charge in [0.05, 0.1) is 14.7 Å². The first kappa shape index (κ1) is 16.1. The Balaban J connectivity index is 2.47. The van der Waals surface area contributed by atoms with Crippen LogP contribution in [-0.4, -0.2) is 6.54 Å². The van der Waals surface area contributed by atoms with E-state index in [9.17, 15) is 0 Å². The lowest BCUT2D eigenvalue weighted by Crippen LogP contribution is -2.23. The zero-order chi connectivity index (χ0) is 14.7. The highest BCUT2D eigenvalue weighted by molar-refractivity contribution is 7.20. The molecular formula is C15H16Cl3NS. The predicted octanol–water partition coefficient (Wildman–Crippen LogP) is 6.11. The van der Waals surface area contributed by atoms with Crippen LogP contribution in [0.2, 0.25) is 13.7 Å². The molecule has 1 unspecified atom stereocenters. The molecule has 0 bridgehead atoms. The van der Waals surface area contributed by atoms with Crippen molar-refractivity contribution in [1.29, 1.82) is 0 Å². The fraction of sp³-hybridized carbons (Fsp3) is 0.333. The zero-order valence-electron chi connectivity index (χ0n) is 11.3. The highest BCUT2D eigenvalue weighted by Crippen LogP contribution is 2.39. The smallest absolute Gasteiger partial charge is 0.0995 e. The van der Waals surface area contributed by atoms with E-state index in [0.29, 0.717) is 4.34 Å². The Morgan fingerprint density at radius 1 is 1.20 bits per heavy atom. The van der Waals surface area contributed by atoms with Crippen LogP contribution in [0.25, 0.3) is 0 Å². The minimum Gasteiger partial charge on any atom is -0.306 e. The number of hydrogen-bond acceptors (Lipinski definition) is 2. The minimum absolute atomic E-state index is 0.0184. The molecular weight excluding hydrogens is 333 g/mol. The van der Waals surface area contributed by atoms with Crippen molar-refractivity contribution in [3.8, 4) is 0 Å². The molecule has 1 aromatic heterocycles. The van der Waals surface area contributed by atoms with Crippen LogP contribution in [0.4, 0.5) is 0 Å². The highest BCUT2D eigenvalue weighted by Gasteiger charge is 2.21. The maximum absolute atomic E-state index is 6.32. The van der Waals surface area contributed by atoms with Gasteiger partial charge in [-0.3, -0.25) is 0 Å². The lowest BCUT2D eigenvalue weighted by molar-refractivity contribution is 0.598. The van der Waals surface area contributed by atoms with Crippen LogP contribution in [-0.2, 0) is 0 Å². The molecule has 20 heavy (non-hydrogen) atoms. The summed E-state index contributed by atoms with van der Waals surface area (Å²) in [5, 5.41) is 4.30. The van der Waals surface area contributed by atoms with E-state index in [4.69, 9.17) is 34.8 Å². The Bertz CT molecular complexity index is 595. The van der Waals surface area contributed by atoms with E-state index in [2.05, 4.69) is 18.3 Å². The fourth-order valence-corrected chi connectivity index (χ4v) is 3.88. The summed E-state index contributed by atoms with van der Waals surface area (Å²) in [4.78, 5) is 0. The van der Waals surface area contributed by atoms with Gasteiger partial charge in [0.1, 0.15) is 0 Å². The highest BCUT2D eigenvalue weighted by atomic mass is 35.5. The third-order valence-corrected chi connectivity index (χ3v) is 5.14. The molecule has 0 aliphatic carbocycles. The second-order valence-corrected chi connectivity index (χ2v) is 7.31. The third kappa shape index (κ3) is 3.49. The summed E-state index contributed by atoms with van der Waals surface area (Å²) < 4.78 is 1.43. The molecule has 1 N–H and O–H groups in total. The summed E-state index contributed by atoms with van der Waals surface area (Å²) in [6, 6.07) is 7.90. The third-order valence-electron chi connectivity index (χ3n) is 3.21. The Hall–Kier alpha value is -0.250. The summed E-state index contributed by atoms with van der Waals surface area (Å²) in [6.07, 6.45) is 1.05. The van der Waals surface area contributed by atoms with Crippen molar-refractivity contribution in [3.05, 3.63) is 54.7 Å². The van der Waals surface area contributed by atoms with E-state index in [1.165, 1.54) is 11.3 Å². The number of benzene rings is 1. The quantitative estimate of drug-likeness (QED) is 0.687. The van der Waals surface area contributed by atoms with Crippen LogP contribution in [0.3, 0.4) is 0 Å². The van der Waals surface area contributed by atoms with E-state index in [0.717, 1.165) is 39.0 Å². The molecule has 2 rings (SSSR count). The minimum atomic E-state index is 0.0184. The Morgan fingerprint density at radius 2 is 1.95 bits per heavy atom. The molecule has 0 amide bonds. The number of thiophene rings is 1. The summed E-state index contributed by atoms with van der Waals surface area (Å²) in [5.41, 5.74) is 3.23. The van der Waals surface area contributed by atoms with E-state index >= 15 is 0 Å². The van der Waals surface area contributed by atoms with Gasteiger partial charge in [0.2, 0.25) is 0 Å². The lowest BCUT2D eigenvalue weighted by Gasteiger charge is -2.21. The molecule has 0 aliphatic heterocycles. The Kier molecular flexibility index (Phi) is 5.76. The fourth-order valence-electron chi connectivity index (χ4n) is 2.16. The van der Waals surface area contributed by atoms with E-state index < -0.39 is 0 Å². The van der Waals surface area contributed by atoms with Crippen molar-refractivity contribution in [2.24, 2.45) is 0 Å². The van der Waals surface area contributed by atoms with Gasteiger partial charge < -0.3 is 5.32 Å². The first-order valence-electron chi connectivity index (χ1n) is 6.47. The molecule has 0 saturated heterocycles. The van der Waals surface area contributed by atoms with Crippen molar-refractivity contribution in [2.75, 3.05) is 6.54 Å². The average Bonchev–Trinajstić information content (AvgIpc) is 2.74. The molecule has 1 atom stereocenters. The second kappa shape index (κ2) is 7.15. The molecule has 1 nitrogen and oxygen atoms in total. The molecule has 108 valence electrons. The first-order chi connectivity index (χ1) is 9.54. The van der Waals surface area contributed by atoms with Crippen molar-refractivity contribution in [3.63, 3.8) is 0 Å². The maximum Gasteiger partial charge on any atom is 0.0995 e. The molecule has 0 spiro atoms. The summed E-state index contributed by atoms with van der Waals surface area (Å²) in [5.74, 6) is 0. The molecule has 1 aromatic carbocycles. The van der Waals surface area contributed by atoms with Crippen LogP contribution in [0.15, 0.2) is 24.3 Å². The molecule has 0 saturated carbocycles. The van der Waals surface area contributed by atoms with Gasteiger partial charge in [-0.25, -0.2) is 0 Å². The lowest BCUT2D eigenvalue weighted by atomic mass is 9.96. The molecule has 0 fully saturated rings. The van der Waals surface area contributed by atoms with Crippen LogP contribution in [0.1, 0.15) is 36.1 Å². The average molecular weight is 349 g/mol. The van der Waals surface area contributed by atoms with Crippen molar-refractivity contribution in [1.82, 2.24) is 5.32 Å². The molecule has 0 radical (unpaired) electrons. The van der Waals surface area contributed by atoms with E-state index in [1.807, 2.05) is 25.1 Å². The number of nitrogens with one attached hydrogen (secondary N) is 1. The zero-order valence-corrected chi connectivity index (χ0v) is 14.4. The molecule has 5 heteroatoms. The van der Waals surface area contributed by atoms with Crippen LogP contribution >= 0.6 is 46.1 Å². The van der Waals surface area contributed by atoms with Gasteiger partial charge in [0.25, 0.3) is 0 Å². The maximum atomic E-state index is 6.32. The number of halogens is 3. The summed E-state index contributed by atoms with van der Waals surface area (Å²) in [6.45, 7) is 5.07. The van der Waals surface area contributed by atoms with E-state index in [-0.39, 0.29) is 6.04 Å². The molecule has 0 aliphatic rings. The van der Waals surface area contributed by atoms with Crippen molar-refractivity contribution < 1.29 is 0 Å². The largest absolute Gasteiger partial charge is 0.306 e. The van der Waals surface area contributed by atoms with E-state index in [1.54, 1.807) is 0 Å². The topological polar surface area (TPSA) is 12.0 Å². The SMILES string of the molecule is CCCNC(c1cc(Cl)sc1Cl)c1cccc(Cl)c1C. The van der Waals surface area contributed by atoms with Gasteiger partial charge in [-0.05, 0) is 43.1 Å². The van der Waals surface area contributed by atoms with Crippen LogP contribution < -0.4 is 5.32 Å². The van der Waals surface area contributed by atoms with Gasteiger partial charge >= 0.3 is 0 Å². The van der Waals surface area contributed by atoms with Crippen molar-refractivity contribution >= 4 is 46.1 Å². The summed E-state index contributed by atoms with van der Waals surface area (Å²) >= 11 is 20.0. The van der Waals surface area contributed by atoms with Gasteiger partial charge in [0.15, 0.2) is 0 Å². The van der Waals surface area contributed by atoms with Crippen molar-refractivity contribution in [2.45, 2.75) is 26.3 Å². The number of rotatable bonds is 5. The second-order valence-electron chi connectivity index (χ2n) is 4.62. The monoisotopic (exact) mass is 347 g/mol. The van der Waals surface area contributed by atoms with Crippen LogP contribution in [0, 0.1) is 6.92 Å². The van der Waals surface area contributed by atoms with Gasteiger partial charge in [-0.15, -0.1) is 11.3 Å². The number of hydrogen-bond donors (Lipinski definition) is 1. The van der Waals surface area contributed by atoms with Gasteiger partial charge in [0, 0.05) is 10.6 Å². The summed E-state index contributed by atoms with van der Waals surface area (Å²) in [7, 11) is 0. The van der Waals surface area contributed by atoms with Gasteiger partial charge in [-0.2, -0.15) is 0 Å². The van der Waals surface area contributed by atoms with Crippen LogP contribution in [0.5, 0.6) is 0 Å². The Labute approximate surface area is 138 Å². The first-order valence-corrected chi connectivity index (χ1v) is 8.42. The predicted molar refractivity (Wildman–Crippen MR) is 90.7 cm³/mol. The van der Waals surface area contributed by atoms with Gasteiger partial charge in [-0.1, -0.05) is 53.9 Å². The Morgan fingerprint density at radius 3 is 2.55 bits per heavy atom. The molecule has 2 aromatic rings. The standard InChI is InChI=1S/C15H16Cl3NS/c1-3-7-19-14(11-8-13(17)20-15(11)18)10-5-4-6-12(16)9(10)2/h4-6,8,14,19H,3,7H2,1-2H3. The normalized spacial score (nSPS) is 12.7.